The van der Waals surface area contributed by atoms with Crippen LogP contribution in [0.5, 0.6) is 5.75 Å². The number of aromatic nitrogens is 2. The Morgan fingerprint density at radius 2 is 2.12 bits per heavy atom. The Balaban J connectivity index is 1.88. The van der Waals surface area contributed by atoms with Crippen molar-refractivity contribution in [1.29, 1.82) is 0 Å². The van der Waals surface area contributed by atoms with Gasteiger partial charge in [0.05, 0.1) is 12.7 Å². The molecule has 0 fully saturated rings. The van der Waals surface area contributed by atoms with Crippen LogP contribution in [0, 0.1) is 13.8 Å². The molecule has 2 aromatic heterocycles. The summed E-state index contributed by atoms with van der Waals surface area (Å²) in [5.41, 5.74) is 3.40. The van der Waals surface area contributed by atoms with E-state index >= 15 is 0 Å². The second-order valence-corrected chi connectivity index (χ2v) is 7.36. The third kappa shape index (κ3) is 3.48. The summed E-state index contributed by atoms with van der Waals surface area (Å²) >= 11 is 7.63. The molecule has 3 rings (SSSR count). The van der Waals surface area contributed by atoms with Crippen LogP contribution in [0.3, 0.4) is 0 Å². The van der Waals surface area contributed by atoms with Gasteiger partial charge in [-0.15, -0.1) is 11.3 Å². The fourth-order valence-corrected chi connectivity index (χ4v) is 3.95. The van der Waals surface area contributed by atoms with Crippen molar-refractivity contribution in [1.82, 2.24) is 14.5 Å². The van der Waals surface area contributed by atoms with E-state index in [2.05, 4.69) is 4.98 Å². The summed E-state index contributed by atoms with van der Waals surface area (Å²) in [5, 5.41) is 3.40. The van der Waals surface area contributed by atoms with Gasteiger partial charge in [0.15, 0.2) is 5.13 Å². The lowest BCUT2D eigenvalue weighted by Crippen LogP contribution is -2.26. The minimum absolute atomic E-state index is 0.0528. The molecule has 3 aromatic rings. The van der Waals surface area contributed by atoms with E-state index in [9.17, 15) is 4.79 Å². The van der Waals surface area contributed by atoms with Gasteiger partial charge in [-0.25, -0.2) is 4.98 Å². The van der Waals surface area contributed by atoms with Gasteiger partial charge in [-0.05, 0) is 38.1 Å². The quantitative estimate of drug-likeness (QED) is 0.646. The molecule has 0 saturated carbocycles. The van der Waals surface area contributed by atoms with Gasteiger partial charge in [0, 0.05) is 47.1 Å². The first-order valence-electron chi connectivity index (χ1n) is 8.09. The summed E-state index contributed by atoms with van der Waals surface area (Å²) in [5.74, 6) is 0.658. The zero-order chi connectivity index (χ0) is 18.8. The van der Waals surface area contributed by atoms with E-state index in [1.165, 1.54) is 0 Å². The van der Waals surface area contributed by atoms with E-state index in [-0.39, 0.29) is 5.91 Å². The molecule has 2 heterocycles. The number of carbonyl (C=O) groups is 1. The van der Waals surface area contributed by atoms with Gasteiger partial charge in [-0.3, -0.25) is 9.36 Å². The molecule has 0 N–H and O–H groups in total. The number of hydrogen-bond acceptors (Lipinski definition) is 4. The molecule has 5 nitrogen and oxygen atoms in total. The number of thiazole rings is 1. The summed E-state index contributed by atoms with van der Waals surface area (Å²) in [6, 6.07) is 7.31. The normalized spacial score (nSPS) is 10.8. The van der Waals surface area contributed by atoms with Gasteiger partial charge in [0.2, 0.25) is 0 Å². The third-order valence-electron chi connectivity index (χ3n) is 4.27. The molecule has 0 aliphatic carbocycles. The Morgan fingerprint density at radius 1 is 1.35 bits per heavy atom. The van der Waals surface area contributed by atoms with Gasteiger partial charge in [0.25, 0.3) is 5.91 Å². The summed E-state index contributed by atoms with van der Waals surface area (Å²) in [6.45, 7) is 4.32. The maximum atomic E-state index is 13.0. The molecule has 1 aromatic carbocycles. The fourth-order valence-electron chi connectivity index (χ4n) is 3.00. The first-order valence-corrected chi connectivity index (χ1v) is 9.34. The molecule has 0 saturated heterocycles. The number of benzene rings is 1. The van der Waals surface area contributed by atoms with Crippen molar-refractivity contribution >= 4 is 28.8 Å². The highest BCUT2D eigenvalue weighted by atomic mass is 35.5. The van der Waals surface area contributed by atoms with Crippen molar-refractivity contribution in [2.75, 3.05) is 14.2 Å². The standard InChI is InChI=1S/C19H20ClN3O2S/c1-12-9-16(13(2)23(12)19-21-7-8-26-19)18(24)22(3)11-14-10-15(20)5-6-17(14)25-4/h5-10H,11H2,1-4H3. The molecule has 7 heteroatoms. The van der Waals surface area contributed by atoms with Gasteiger partial charge >= 0.3 is 0 Å². The first-order chi connectivity index (χ1) is 12.4. The van der Waals surface area contributed by atoms with Crippen LogP contribution in [0.2, 0.25) is 5.02 Å². The van der Waals surface area contributed by atoms with E-state index in [1.54, 1.807) is 42.7 Å². The van der Waals surface area contributed by atoms with E-state index in [0.717, 1.165) is 22.1 Å². The second-order valence-electron chi connectivity index (χ2n) is 6.05. The number of rotatable bonds is 5. The number of hydrogen-bond donors (Lipinski definition) is 0. The minimum atomic E-state index is -0.0528. The predicted molar refractivity (Wildman–Crippen MR) is 105 cm³/mol. The fraction of sp³-hybridized carbons (Fsp3) is 0.263. The predicted octanol–water partition coefficient (Wildman–Crippen LogP) is 4.48. The zero-order valence-corrected chi connectivity index (χ0v) is 16.7. The number of ether oxygens (including phenoxy) is 1. The lowest BCUT2D eigenvalue weighted by atomic mass is 10.1. The molecule has 0 radical (unpaired) electrons. The van der Waals surface area contributed by atoms with Crippen molar-refractivity contribution in [2.45, 2.75) is 20.4 Å². The number of amides is 1. The van der Waals surface area contributed by atoms with Crippen LogP contribution in [0.4, 0.5) is 0 Å². The Bertz CT molecular complexity index is 935. The molecule has 0 aliphatic heterocycles. The maximum Gasteiger partial charge on any atom is 0.255 e. The number of methoxy groups -OCH3 is 1. The van der Waals surface area contributed by atoms with Crippen LogP contribution in [-0.2, 0) is 6.54 Å². The minimum Gasteiger partial charge on any atom is -0.496 e. The molecular weight excluding hydrogens is 370 g/mol. The van der Waals surface area contributed by atoms with E-state index in [4.69, 9.17) is 16.3 Å². The van der Waals surface area contributed by atoms with Gasteiger partial charge in [0.1, 0.15) is 5.75 Å². The lowest BCUT2D eigenvalue weighted by molar-refractivity contribution is 0.0783. The van der Waals surface area contributed by atoms with Crippen LogP contribution in [0.15, 0.2) is 35.8 Å². The number of aryl methyl sites for hydroxylation is 1. The summed E-state index contributed by atoms with van der Waals surface area (Å²) in [6.07, 6.45) is 1.76. The topological polar surface area (TPSA) is 47.4 Å². The summed E-state index contributed by atoms with van der Waals surface area (Å²) < 4.78 is 7.38. The van der Waals surface area contributed by atoms with E-state index in [1.807, 2.05) is 42.0 Å². The highest BCUT2D eigenvalue weighted by Crippen LogP contribution is 2.26. The largest absolute Gasteiger partial charge is 0.496 e. The van der Waals surface area contributed by atoms with Crippen LogP contribution in [0.25, 0.3) is 5.13 Å². The monoisotopic (exact) mass is 389 g/mol. The Morgan fingerprint density at radius 3 is 2.77 bits per heavy atom. The van der Waals surface area contributed by atoms with Crippen molar-refractivity contribution in [3.05, 3.63) is 63.4 Å². The molecule has 136 valence electrons. The molecule has 0 atom stereocenters. The van der Waals surface area contributed by atoms with Gasteiger partial charge in [-0.1, -0.05) is 11.6 Å². The molecule has 0 aliphatic rings. The van der Waals surface area contributed by atoms with Crippen molar-refractivity contribution in [3.63, 3.8) is 0 Å². The number of halogens is 1. The molecule has 0 unspecified atom stereocenters. The maximum absolute atomic E-state index is 13.0. The highest BCUT2D eigenvalue weighted by molar-refractivity contribution is 7.12. The van der Waals surface area contributed by atoms with Gasteiger partial charge < -0.3 is 9.64 Å². The zero-order valence-electron chi connectivity index (χ0n) is 15.1. The van der Waals surface area contributed by atoms with Crippen LogP contribution < -0.4 is 4.74 Å². The second kappa shape index (κ2) is 7.51. The lowest BCUT2D eigenvalue weighted by Gasteiger charge is -2.19. The molecular formula is C19H20ClN3O2S. The average Bonchev–Trinajstić information content (AvgIpc) is 3.22. The third-order valence-corrected chi connectivity index (χ3v) is 5.26. The van der Waals surface area contributed by atoms with Crippen molar-refractivity contribution in [3.8, 4) is 10.9 Å². The summed E-state index contributed by atoms with van der Waals surface area (Å²) in [7, 11) is 3.38. The van der Waals surface area contributed by atoms with Crippen molar-refractivity contribution < 1.29 is 9.53 Å². The Hall–Kier alpha value is -2.31. The van der Waals surface area contributed by atoms with E-state index in [0.29, 0.717) is 22.9 Å². The number of carbonyl (C=O) groups excluding carboxylic acids is 1. The van der Waals surface area contributed by atoms with Crippen molar-refractivity contribution in [2.24, 2.45) is 0 Å². The Labute approximate surface area is 161 Å². The Kier molecular flexibility index (Phi) is 5.34. The molecule has 1 amide bonds. The van der Waals surface area contributed by atoms with Crippen LogP contribution in [-0.4, -0.2) is 34.5 Å². The van der Waals surface area contributed by atoms with E-state index < -0.39 is 0 Å². The number of nitrogens with zero attached hydrogens (tertiary/aromatic N) is 3. The smallest absolute Gasteiger partial charge is 0.255 e. The average molecular weight is 390 g/mol. The molecule has 0 bridgehead atoms. The highest BCUT2D eigenvalue weighted by Gasteiger charge is 2.21. The van der Waals surface area contributed by atoms with Crippen LogP contribution in [0.1, 0.15) is 27.3 Å². The molecule has 0 spiro atoms. The molecule has 26 heavy (non-hydrogen) atoms. The van der Waals surface area contributed by atoms with Gasteiger partial charge in [-0.2, -0.15) is 0 Å². The first kappa shape index (κ1) is 18.5. The van der Waals surface area contributed by atoms with Crippen LogP contribution >= 0.6 is 22.9 Å². The SMILES string of the molecule is COc1ccc(Cl)cc1CN(C)C(=O)c1cc(C)n(-c2nccs2)c1C. The summed E-state index contributed by atoms with van der Waals surface area (Å²) in [4.78, 5) is 19.0.